The molecule has 106 valence electrons. The van der Waals surface area contributed by atoms with Crippen LogP contribution in [0.3, 0.4) is 0 Å². The van der Waals surface area contributed by atoms with E-state index < -0.39 is 0 Å². The summed E-state index contributed by atoms with van der Waals surface area (Å²) in [7, 11) is 0. The fourth-order valence-electron chi connectivity index (χ4n) is 1.80. The Morgan fingerprint density at radius 1 is 1.30 bits per heavy atom. The predicted octanol–water partition coefficient (Wildman–Crippen LogP) is 4.38. The standard InChI is InChI=1S/C16H19BrN2O/c1-12(2)9-19-11-13-10-18-7-6-16(13)20-15-5-3-4-14(17)8-15/h3-8,10,12,19H,9,11H2,1-2H3. The zero-order valence-corrected chi connectivity index (χ0v) is 13.4. The van der Waals surface area contributed by atoms with E-state index in [4.69, 9.17) is 4.74 Å². The quantitative estimate of drug-likeness (QED) is 0.851. The average molecular weight is 335 g/mol. The fraction of sp³-hybridized carbons (Fsp3) is 0.312. The lowest BCUT2D eigenvalue weighted by atomic mass is 10.2. The van der Waals surface area contributed by atoms with Crippen molar-refractivity contribution in [3.8, 4) is 11.5 Å². The minimum atomic E-state index is 0.626. The number of nitrogens with zero attached hydrogens (tertiary/aromatic N) is 1. The smallest absolute Gasteiger partial charge is 0.134 e. The van der Waals surface area contributed by atoms with E-state index in [1.54, 1.807) is 6.20 Å². The molecule has 0 spiro atoms. The van der Waals surface area contributed by atoms with Crippen molar-refractivity contribution in [2.75, 3.05) is 6.54 Å². The van der Waals surface area contributed by atoms with Crippen molar-refractivity contribution in [3.63, 3.8) is 0 Å². The molecule has 1 heterocycles. The third-order valence-electron chi connectivity index (χ3n) is 2.75. The zero-order chi connectivity index (χ0) is 14.4. The van der Waals surface area contributed by atoms with Gasteiger partial charge in [-0.2, -0.15) is 0 Å². The maximum Gasteiger partial charge on any atom is 0.134 e. The Morgan fingerprint density at radius 2 is 2.15 bits per heavy atom. The second kappa shape index (κ2) is 7.41. The number of nitrogens with one attached hydrogen (secondary N) is 1. The monoisotopic (exact) mass is 334 g/mol. The number of hydrogen-bond acceptors (Lipinski definition) is 3. The third-order valence-corrected chi connectivity index (χ3v) is 3.24. The Morgan fingerprint density at radius 3 is 2.90 bits per heavy atom. The van der Waals surface area contributed by atoms with Crippen molar-refractivity contribution in [2.24, 2.45) is 5.92 Å². The van der Waals surface area contributed by atoms with Crippen LogP contribution in [-0.4, -0.2) is 11.5 Å². The summed E-state index contributed by atoms with van der Waals surface area (Å²) >= 11 is 3.45. The summed E-state index contributed by atoms with van der Waals surface area (Å²) in [4.78, 5) is 4.17. The highest BCUT2D eigenvalue weighted by molar-refractivity contribution is 9.10. The summed E-state index contributed by atoms with van der Waals surface area (Å²) in [5, 5.41) is 3.41. The van der Waals surface area contributed by atoms with Crippen LogP contribution in [0.1, 0.15) is 19.4 Å². The first kappa shape index (κ1) is 15.0. The number of rotatable bonds is 6. The Bertz CT molecular complexity index is 558. The first-order chi connectivity index (χ1) is 9.65. The predicted molar refractivity (Wildman–Crippen MR) is 85.0 cm³/mol. The van der Waals surface area contributed by atoms with Crippen LogP contribution >= 0.6 is 15.9 Å². The van der Waals surface area contributed by atoms with Gasteiger partial charge in [0.2, 0.25) is 0 Å². The SMILES string of the molecule is CC(C)CNCc1cnccc1Oc1cccc(Br)c1. The summed E-state index contributed by atoms with van der Waals surface area (Å²) in [5.41, 5.74) is 1.06. The second-order valence-corrected chi connectivity index (χ2v) is 5.98. The molecule has 0 atom stereocenters. The molecule has 1 aromatic carbocycles. The van der Waals surface area contributed by atoms with E-state index in [2.05, 4.69) is 40.1 Å². The summed E-state index contributed by atoms with van der Waals surface area (Å²) < 4.78 is 6.94. The molecule has 1 aromatic heterocycles. The second-order valence-electron chi connectivity index (χ2n) is 5.07. The lowest BCUT2D eigenvalue weighted by molar-refractivity contribution is 0.467. The van der Waals surface area contributed by atoms with Gasteiger partial charge in [0.25, 0.3) is 0 Å². The molecule has 0 aliphatic carbocycles. The van der Waals surface area contributed by atoms with E-state index in [1.807, 2.05) is 36.5 Å². The van der Waals surface area contributed by atoms with Crippen molar-refractivity contribution in [1.82, 2.24) is 10.3 Å². The first-order valence-electron chi connectivity index (χ1n) is 6.72. The van der Waals surface area contributed by atoms with E-state index in [1.165, 1.54) is 0 Å². The highest BCUT2D eigenvalue weighted by Crippen LogP contribution is 2.26. The molecule has 0 bridgehead atoms. The molecule has 0 fully saturated rings. The van der Waals surface area contributed by atoms with Gasteiger partial charge in [-0.3, -0.25) is 4.98 Å². The highest BCUT2D eigenvalue weighted by Gasteiger charge is 2.05. The summed E-state index contributed by atoms with van der Waals surface area (Å²) in [6.07, 6.45) is 3.60. The number of benzene rings is 1. The number of ether oxygens (including phenoxy) is 1. The Balaban J connectivity index is 2.07. The molecule has 20 heavy (non-hydrogen) atoms. The molecule has 0 radical (unpaired) electrons. The zero-order valence-electron chi connectivity index (χ0n) is 11.8. The van der Waals surface area contributed by atoms with Gasteiger partial charge >= 0.3 is 0 Å². The minimum Gasteiger partial charge on any atom is -0.457 e. The van der Waals surface area contributed by atoms with E-state index in [-0.39, 0.29) is 0 Å². The van der Waals surface area contributed by atoms with Crippen LogP contribution in [-0.2, 0) is 6.54 Å². The van der Waals surface area contributed by atoms with Crippen molar-refractivity contribution >= 4 is 15.9 Å². The van der Waals surface area contributed by atoms with E-state index in [0.29, 0.717) is 5.92 Å². The lowest BCUT2D eigenvalue weighted by Crippen LogP contribution is -2.19. The largest absolute Gasteiger partial charge is 0.457 e. The molecule has 0 aliphatic rings. The van der Waals surface area contributed by atoms with Crippen LogP contribution in [0.2, 0.25) is 0 Å². The molecule has 2 rings (SSSR count). The van der Waals surface area contributed by atoms with E-state index in [9.17, 15) is 0 Å². The fourth-order valence-corrected chi connectivity index (χ4v) is 2.18. The Kier molecular flexibility index (Phi) is 5.56. The molecule has 0 aliphatic heterocycles. The Labute approximate surface area is 128 Å². The van der Waals surface area contributed by atoms with E-state index in [0.717, 1.165) is 34.6 Å². The third kappa shape index (κ3) is 4.62. The van der Waals surface area contributed by atoms with Gasteiger partial charge in [0.15, 0.2) is 0 Å². The molecule has 0 saturated heterocycles. The maximum absolute atomic E-state index is 5.94. The molecule has 0 amide bonds. The normalized spacial score (nSPS) is 10.8. The van der Waals surface area contributed by atoms with Crippen molar-refractivity contribution in [1.29, 1.82) is 0 Å². The van der Waals surface area contributed by atoms with Gasteiger partial charge in [-0.25, -0.2) is 0 Å². The van der Waals surface area contributed by atoms with Crippen molar-refractivity contribution < 1.29 is 4.74 Å². The maximum atomic E-state index is 5.94. The molecule has 0 saturated carbocycles. The van der Waals surface area contributed by atoms with Gasteiger partial charge in [-0.05, 0) is 36.7 Å². The number of pyridine rings is 1. The molecular weight excluding hydrogens is 316 g/mol. The van der Waals surface area contributed by atoms with Gasteiger partial charge < -0.3 is 10.1 Å². The molecule has 2 aromatic rings. The van der Waals surface area contributed by atoms with Gasteiger partial charge in [-0.1, -0.05) is 35.8 Å². The lowest BCUT2D eigenvalue weighted by Gasteiger charge is -2.12. The van der Waals surface area contributed by atoms with E-state index >= 15 is 0 Å². The van der Waals surface area contributed by atoms with Gasteiger partial charge in [-0.15, -0.1) is 0 Å². The van der Waals surface area contributed by atoms with Crippen LogP contribution in [0.25, 0.3) is 0 Å². The van der Waals surface area contributed by atoms with Gasteiger partial charge in [0, 0.05) is 29.0 Å². The van der Waals surface area contributed by atoms with Crippen LogP contribution in [0.4, 0.5) is 0 Å². The topological polar surface area (TPSA) is 34.2 Å². The Hall–Kier alpha value is -1.39. The minimum absolute atomic E-state index is 0.626. The van der Waals surface area contributed by atoms with Crippen molar-refractivity contribution in [2.45, 2.75) is 20.4 Å². The van der Waals surface area contributed by atoms with Crippen LogP contribution in [0.5, 0.6) is 11.5 Å². The average Bonchev–Trinajstić information content (AvgIpc) is 2.40. The molecule has 0 unspecified atom stereocenters. The van der Waals surface area contributed by atoms with Crippen molar-refractivity contribution in [3.05, 3.63) is 52.8 Å². The first-order valence-corrected chi connectivity index (χ1v) is 7.51. The molecule has 1 N–H and O–H groups in total. The highest BCUT2D eigenvalue weighted by atomic mass is 79.9. The summed E-state index contributed by atoms with van der Waals surface area (Å²) in [5.74, 6) is 2.28. The van der Waals surface area contributed by atoms with Gasteiger partial charge in [0.1, 0.15) is 11.5 Å². The van der Waals surface area contributed by atoms with Crippen LogP contribution in [0.15, 0.2) is 47.2 Å². The molecule has 4 heteroatoms. The summed E-state index contributed by atoms with van der Waals surface area (Å²) in [6.45, 7) is 6.12. The summed E-state index contributed by atoms with van der Waals surface area (Å²) in [6, 6.07) is 9.72. The number of hydrogen-bond donors (Lipinski definition) is 1. The number of aromatic nitrogens is 1. The van der Waals surface area contributed by atoms with Crippen LogP contribution < -0.4 is 10.1 Å². The van der Waals surface area contributed by atoms with Gasteiger partial charge in [0.05, 0.1) is 0 Å². The molecule has 3 nitrogen and oxygen atoms in total. The molecular formula is C16H19BrN2O. The number of halogens is 1. The van der Waals surface area contributed by atoms with Crippen LogP contribution in [0, 0.1) is 5.92 Å².